The van der Waals surface area contributed by atoms with Crippen LogP contribution in [0.2, 0.25) is 10.0 Å². The van der Waals surface area contributed by atoms with E-state index < -0.39 is 10.0 Å². The van der Waals surface area contributed by atoms with E-state index in [4.69, 9.17) is 23.2 Å². The Bertz CT molecular complexity index is 1040. The molecule has 3 aromatic rings. The number of aryl methyl sites for hydroxylation is 2. The van der Waals surface area contributed by atoms with Crippen molar-refractivity contribution in [3.05, 3.63) is 93.5 Å². The van der Waals surface area contributed by atoms with Crippen LogP contribution in [0.1, 0.15) is 16.7 Å². The fourth-order valence-electron chi connectivity index (χ4n) is 2.81. The zero-order chi connectivity index (χ0) is 19.6. The minimum atomic E-state index is -3.81. The Kier molecular flexibility index (Phi) is 5.80. The lowest BCUT2D eigenvalue weighted by Crippen LogP contribution is -2.31. The van der Waals surface area contributed by atoms with Gasteiger partial charge in [0.1, 0.15) is 0 Å². The van der Waals surface area contributed by atoms with Crippen LogP contribution in [-0.4, -0.2) is 8.42 Å². The minimum Gasteiger partial charge on any atom is -0.262 e. The molecule has 0 aromatic heterocycles. The summed E-state index contributed by atoms with van der Waals surface area (Å²) >= 11 is 12.6. The van der Waals surface area contributed by atoms with Gasteiger partial charge in [-0.25, -0.2) is 8.42 Å². The zero-order valence-corrected chi connectivity index (χ0v) is 17.3. The van der Waals surface area contributed by atoms with Crippen molar-refractivity contribution >= 4 is 38.9 Å². The molecule has 140 valence electrons. The molecule has 0 saturated carbocycles. The molecule has 0 unspecified atom stereocenters. The highest BCUT2D eigenvalue weighted by Gasteiger charge is 2.27. The zero-order valence-electron chi connectivity index (χ0n) is 15.0. The van der Waals surface area contributed by atoms with Crippen LogP contribution in [0, 0.1) is 13.8 Å². The lowest BCUT2D eigenvalue weighted by atomic mass is 10.1. The second-order valence-electron chi connectivity index (χ2n) is 6.31. The summed E-state index contributed by atoms with van der Waals surface area (Å²) < 4.78 is 28.3. The Hall–Kier alpha value is -2.01. The maximum atomic E-state index is 13.5. The molecule has 0 aliphatic rings. The van der Waals surface area contributed by atoms with E-state index in [-0.39, 0.29) is 11.4 Å². The molecule has 0 aliphatic carbocycles. The Labute approximate surface area is 170 Å². The van der Waals surface area contributed by atoms with E-state index in [9.17, 15) is 8.42 Å². The van der Waals surface area contributed by atoms with Gasteiger partial charge in [-0.05, 0) is 49.7 Å². The van der Waals surface area contributed by atoms with E-state index in [1.165, 1.54) is 4.31 Å². The molecule has 6 heteroatoms. The highest BCUT2D eigenvalue weighted by atomic mass is 35.5. The summed E-state index contributed by atoms with van der Waals surface area (Å²) in [5.74, 6) is 0. The van der Waals surface area contributed by atoms with Crippen molar-refractivity contribution in [2.45, 2.75) is 25.3 Å². The summed E-state index contributed by atoms with van der Waals surface area (Å²) in [6.45, 7) is 3.83. The first-order valence-corrected chi connectivity index (χ1v) is 10.6. The second kappa shape index (κ2) is 7.93. The lowest BCUT2D eigenvalue weighted by Gasteiger charge is -2.27. The topological polar surface area (TPSA) is 37.4 Å². The molecule has 0 bridgehead atoms. The third-order valence-corrected chi connectivity index (χ3v) is 6.84. The van der Waals surface area contributed by atoms with Crippen LogP contribution in [0.25, 0.3) is 0 Å². The minimum absolute atomic E-state index is 0.0412. The SMILES string of the molecule is Cc1ccc(S(=O)(=O)N(Cc2c(Cl)cccc2Cl)c2ccccc2C)cc1. The van der Waals surface area contributed by atoms with E-state index in [1.807, 2.05) is 32.0 Å². The summed E-state index contributed by atoms with van der Waals surface area (Å²) in [7, 11) is -3.81. The van der Waals surface area contributed by atoms with Gasteiger partial charge < -0.3 is 0 Å². The molecule has 3 nitrogen and oxygen atoms in total. The van der Waals surface area contributed by atoms with Crippen molar-refractivity contribution in [1.29, 1.82) is 0 Å². The van der Waals surface area contributed by atoms with Gasteiger partial charge >= 0.3 is 0 Å². The number of halogens is 2. The van der Waals surface area contributed by atoms with E-state index in [0.29, 0.717) is 21.3 Å². The number of anilines is 1. The number of benzene rings is 3. The molecular weight excluding hydrogens is 401 g/mol. The first-order chi connectivity index (χ1) is 12.8. The molecule has 0 atom stereocenters. The van der Waals surface area contributed by atoms with Gasteiger partial charge in [-0.15, -0.1) is 0 Å². The van der Waals surface area contributed by atoms with Crippen LogP contribution in [-0.2, 0) is 16.6 Å². The van der Waals surface area contributed by atoms with Crippen molar-refractivity contribution in [1.82, 2.24) is 0 Å². The second-order valence-corrected chi connectivity index (χ2v) is 8.99. The predicted octanol–water partition coefficient (Wildman–Crippen LogP) is 6.01. The maximum absolute atomic E-state index is 13.5. The number of sulfonamides is 1. The van der Waals surface area contributed by atoms with Gasteiger partial charge in [0.05, 0.1) is 17.1 Å². The predicted molar refractivity (Wildman–Crippen MR) is 112 cm³/mol. The summed E-state index contributed by atoms with van der Waals surface area (Å²) in [5.41, 5.74) is 3.00. The van der Waals surface area contributed by atoms with Gasteiger partial charge in [0, 0.05) is 15.6 Å². The highest BCUT2D eigenvalue weighted by Crippen LogP contribution is 2.33. The van der Waals surface area contributed by atoms with E-state index >= 15 is 0 Å². The largest absolute Gasteiger partial charge is 0.264 e. The molecule has 0 spiro atoms. The van der Waals surface area contributed by atoms with E-state index in [0.717, 1.165) is 11.1 Å². The molecule has 0 heterocycles. The van der Waals surface area contributed by atoms with Gasteiger partial charge in [0.25, 0.3) is 10.0 Å². The van der Waals surface area contributed by atoms with Crippen LogP contribution < -0.4 is 4.31 Å². The summed E-state index contributed by atoms with van der Waals surface area (Å²) in [4.78, 5) is 0.222. The van der Waals surface area contributed by atoms with Crippen LogP contribution in [0.4, 0.5) is 5.69 Å². The molecule has 0 N–H and O–H groups in total. The average molecular weight is 420 g/mol. The molecule has 3 aromatic carbocycles. The van der Waals surface area contributed by atoms with Crippen molar-refractivity contribution in [3.63, 3.8) is 0 Å². The van der Waals surface area contributed by atoms with Crippen molar-refractivity contribution in [3.8, 4) is 0 Å². The number of hydrogen-bond donors (Lipinski definition) is 0. The molecule has 0 fully saturated rings. The average Bonchev–Trinajstić information content (AvgIpc) is 2.63. The molecule has 27 heavy (non-hydrogen) atoms. The Morgan fingerprint density at radius 3 is 2.00 bits per heavy atom. The normalized spacial score (nSPS) is 11.4. The summed E-state index contributed by atoms with van der Waals surface area (Å²) in [6.07, 6.45) is 0. The van der Waals surface area contributed by atoms with E-state index in [1.54, 1.807) is 48.5 Å². The van der Waals surface area contributed by atoms with Crippen molar-refractivity contribution < 1.29 is 8.42 Å². The smallest absolute Gasteiger partial charge is 0.262 e. The number of rotatable bonds is 5. The Morgan fingerprint density at radius 1 is 0.815 bits per heavy atom. The quantitative estimate of drug-likeness (QED) is 0.507. The van der Waals surface area contributed by atoms with E-state index in [2.05, 4.69) is 0 Å². The van der Waals surface area contributed by atoms with Crippen molar-refractivity contribution in [2.75, 3.05) is 4.31 Å². The highest BCUT2D eigenvalue weighted by molar-refractivity contribution is 7.92. The van der Waals surface area contributed by atoms with Gasteiger partial charge in [0.2, 0.25) is 0 Å². The van der Waals surface area contributed by atoms with Gasteiger partial charge in [0.15, 0.2) is 0 Å². The molecule has 0 amide bonds. The van der Waals surface area contributed by atoms with Crippen LogP contribution in [0.5, 0.6) is 0 Å². The number of para-hydroxylation sites is 1. The third kappa shape index (κ3) is 4.13. The van der Waals surface area contributed by atoms with Crippen LogP contribution >= 0.6 is 23.2 Å². The molecule has 3 rings (SSSR count). The first kappa shape index (κ1) is 19.7. The fourth-order valence-corrected chi connectivity index (χ4v) is 4.82. The van der Waals surface area contributed by atoms with Gasteiger partial charge in [-0.2, -0.15) is 0 Å². The molecule has 0 radical (unpaired) electrons. The molecule has 0 saturated heterocycles. The lowest BCUT2D eigenvalue weighted by molar-refractivity contribution is 0.590. The maximum Gasteiger partial charge on any atom is 0.264 e. The molecule has 0 aliphatic heterocycles. The Morgan fingerprint density at radius 2 is 1.41 bits per heavy atom. The fraction of sp³-hybridized carbons (Fsp3) is 0.143. The first-order valence-electron chi connectivity index (χ1n) is 8.38. The summed E-state index contributed by atoms with van der Waals surface area (Å²) in [5, 5.41) is 0.861. The number of nitrogens with zero attached hydrogens (tertiary/aromatic N) is 1. The number of hydrogen-bond acceptors (Lipinski definition) is 2. The summed E-state index contributed by atoms with van der Waals surface area (Å²) in [6, 6.07) is 19.3. The van der Waals surface area contributed by atoms with Crippen LogP contribution in [0.3, 0.4) is 0 Å². The standard InChI is InChI=1S/C21H19Cl2NO2S/c1-15-10-12-17(13-11-15)27(25,26)24(21-9-4-3-6-16(21)2)14-18-19(22)7-5-8-20(18)23/h3-13H,14H2,1-2H3. The Balaban J connectivity index is 2.16. The van der Waals surface area contributed by atoms with Gasteiger partial charge in [-0.3, -0.25) is 4.31 Å². The van der Waals surface area contributed by atoms with Crippen molar-refractivity contribution in [2.24, 2.45) is 0 Å². The van der Waals surface area contributed by atoms with Gasteiger partial charge in [-0.1, -0.05) is 65.2 Å². The van der Waals surface area contributed by atoms with Crippen LogP contribution in [0.15, 0.2) is 71.6 Å². The molecular formula is C21H19Cl2NO2S. The monoisotopic (exact) mass is 419 g/mol. The third-order valence-electron chi connectivity index (χ3n) is 4.36.